The highest BCUT2D eigenvalue weighted by Gasteiger charge is 2.31. The van der Waals surface area contributed by atoms with Gasteiger partial charge < -0.3 is 10.2 Å². The molecule has 138 valence electrons. The van der Waals surface area contributed by atoms with Crippen molar-refractivity contribution in [3.8, 4) is 0 Å². The molecule has 0 bridgehead atoms. The number of amides is 2. The quantitative estimate of drug-likeness (QED) is 0.751. The van der Waals surface area contributed by atoms with E-state index < -0.39 is 6.04 Å². The molecule has 6 heteroatoms. The number of likely N-dealkylation sites (tertiary alicyclic amines) is 1. The highest BCUT2D eigenvalue weighted by Crippen LogP contribution is 2.22. The maximum Gasteiger partial charge on any atom is 0.253 e. The normalized spacial score (nSPS) is 21.7. The third-order valence-electron chi connectivity index (χ3n) is 4.51. The Morgan fingerprint density at radius 3 is 2.52 bits per heavy atom. The van der Waals surface area contributed by atoms with E-state index in [-0.39, 0.29) is 11.8 Å². The Morgan fingerprint density at radius 2 is 1.92 bits per heavy atom. The van der Waals surface area contributed by atoms with Gasteiger partial charge in [0, 0.05) is 17.6 Å². The first kappa shape index (κ1) is 20.3. The first-order valence-corrected chi connectivity index (χ1v) is 10.9. The Hall–Kier alpha value is -1.01. The van der Waals surface area contributed by atoms with E-state index in [0.29, 0.717) is 23.8 Å². The molecule has 1 aromatic rings. The molecule has 1 aromatic carbocycles. The Morgan fingerprint density at radius 1 is 1.28 bits per heavy atom. The molecule has 0 aromatic heterocycles. The molecule has 0 aliphatic carbocycles. The predicted molar refractivity (Wildman–Crippen MR) is 108 cm³/mol. The van der Waals surface area contributed by atoms with Gasteiger partial charge in [-0.2, -0.15) is 11.8 Å². The molecule has 1 saturated heterocycles. The van der Waals surface area contributed by atoms with E-state index in [2.05, 4.69) is 35.1 Å². The summed E-state index contributed by atoms with van der Waals surface area (Å²) < 4.78 is 0.740. The summed E-state index contributed by atoms with van der Waals surface area (Å²) in [5.41, 5.74) is 0.560. The summed E-state index contributed by atoms with van der Waals surface area (Å²) in [6.45, 7) is 5.94. The zero-order valence-electron chi connectivity index (χ0n) is 15.1. The molecule has 1 N–H and O–H groups in total. The van der Waals surface area contributed by atoms with E-state index in [9.17, 15) is 9.59 Å². The lowest BCUT2D eigenvalue weighted by Gasteiger charge is -2.37. The van der Waals surface area contributed by atoms with Gasteiger partial charge in [0.2, 0.25) is 5.91 Å². The summed E-state index contributed by atoms with van der Waals surface area (Å²) in [5, 5.41) is 2.96. The SMILES string of the molecule is CSCCC(NC(=O)c1ccccc1Br)C(=O)N1CC(C)CC(C)C1. The fraction of sp³-hybridized carbons (Fsp3) is 0.579. The van der Waals surface area contributed by atoms with Crippen LogP contribution in [-0.4, -0.2) is 47.9 Å². The minimum Gasteiger partial charge on any atom is -0.340 e. The number of carbonyl (C=O) groups excluding carboxylic acids is 2. The van der Waals surface area contributed by atoms with Crippen LogP contribution in [0.15, 0.2) is 28.7 Å². The lowest BCUT2D eigenvalue weighted by Crippen LogP contribution is -2.52. The average Bonchev–Trinajstić information content (AvgIpc) is 2.57. The van der Waals surface area contributed by atoms with Crippen LogP contribution >= 0.6 is 27.7 Å². The first-order chi connectivity index (χ1) is 11.9. The summed E-state index contributed by atoms with van der Waals surface area (Å²) in [6.07, 6.45) is 3.82. The second kappa shape index (κ2) is 9.62. The van der Waals surface area contributed by atoms with Crippen molar-refractivity contribution < 1.29 is 9.59 Å². The Labute approximate surface area is 163 Å². The van der Waals surface area contributed by atoms with E-state index in [1.807, 2.05) is 29.4 Å². The maximum absolute atomic E-state index is 13.0. The Kier molecular flexibility index (Phi) is 7.81. The fourth-order valence-electron chi connectivity index (χ4n) is 3.44. The van der Waals surface area contributed by atoms with Crippen molar-refractivity contribution in [3.05, 3.63) is 34.3 Å². The summed E-state index contributed by atoms with van der Waals surface area (Å²) in [6, 6.07) is 6.83. The number of benzene rings is 1. The van der Waals surface area contributed by atoms with Crippen LogP contribution in [0.3, 0.4) is 0 Å². The van der Waals surface area contributed by atoms with Crippen molar-refractivity contribution in [1.29, 1.82) is 0 Å². The molecule has 0 spiro atoms. The number of carbonyl (C=O) groups is 2. The third kappa shape index (κ3) is 5.74. The molecular formula is C19H27BrN2O2S. The number of rotatable bonds is 6. The van der Waals surface area contributed by atoms with E-state index in [4.69, 9.17) is 0 Å². The average molecular weight is 427 g/mol. The molecule has 3 unspecified atom stereocenters. The molecule has 1 aliphatic heterocycles. The minimum atomic E-state index is -0.468. The van der Waals surface area contributed by atoms with Crippen LogP contribution in [-0.2, 0) is 4.79 Å². The van der Waals surface area contributed by atoms with Gasteiger partial charge in [-0.25, -0.2) is 0 Å². The number of nitrogens with one attached hydrogen (secondary N) is 1. The zero-order valence-corrected chi connectivity index (χ0v) is 17.5. The number of thioether (sulfide) groups is 1. The van der Waals surface area contributed by atoms with Crippen LogP contribution in [0.5, 0.6) is 0 Å². The molecule has 1 fully saturated rings. The van der Waals surface area contributed by atoms with E-state index in [1.165, 1.54) is 0 Å². The number of nitrogens with zero attached hydrogens (tertiary/aromatic N) is 1. The smallest absolute Gasteiger partial charge is 0.253 e. The van der Waals surface area contributed by atoms with E-state index >= 15 is 0 Å². The topological polar surface area (TPSA) is 49.4 Å². The monoisotopic (exact) mass is 426 g/mol. The van der Waals surface area contributed by atoms with Crippen LogP contribution in [0, 0.1) is 11.8 Å². The van der Waals surface area contributed by atoms with Gasteiger partial charge in [-0.05, 0) is 64.7 Å². The van der Waals surface area contributed by atoms with Gasteiger partial charge in [-0.1, -0.05) is 26.0 Å². The van der Waals surface area contributed by atoms with Crippen molar-refractivity contribution in [2.75, 3.05) is 25.1 Å². The van der Waals surface area contributed by atoms with Gasteiger partial charge in [-0.3, -0.25) is 9.59 Å². The third-order valence-corrected chi connectivity index (χ3v) is 5.85. The zero-order chi connectivity index (χ0) is 18.4. The van der Waals surface area contributed by atoms with E-state index in [1.54, 1.807) is 17.8 Å². The lowest BCUT2D eigenvalue weighted by molar-refractivity contribution is -0.136. The van der Waals surface area contributed by atoms with Gasteiger partial charge >= 0.3 is 0 Å². The van der Waals surface area contributed by atoms with Gasteiger partial charge in [-0.15, -0.1) is 0 Å². The summed E-state index contributed by atoms with van der Waals surface area (Å²) in [4.78, 5) is 27.6. The fourth-order valence-corrected chi connectivity index (χ4v) is 4.37. The number of hydrogen-bond acceptors (Lipinski definition) is 3. The molecule has 1 heterocycles. The van der Waals surface area contributed by atoms with Crippen molar-refractivity contribution >= 4 is 39.5 Å². The molecule has 1 aliphatic rings. The maximum atomic E-state index is 13.0. The second-order valence-corrected chi connectivity index (χ2v) is 8.82. The van der Waals surface area contributed by atoms with Crippen LogP contribution in [0.1, 0.15) is 37.0 Å². The van der Waals surface area contributed by atoms with Gasteiger partial charge in [0.05, 0.1) is 5.56 Å². The van der Waals surface area contributed by atoms with E-state index in [0.717, 1.165) is 29.7 Å². The summed E-state index contributed by atoms with van der Waals surface area (Å²) in [5.74, 6) is 1.70. The summed E-state index contributed by atoms with van der Waals surface area (Å²) >= 11 is 5.10. The van der Waals surface area contributed by atoms with Crippen LogP contribution < -0.4 is 5.32 Å². The molecule has 3 atom stereocenters. The predicted octanol–water partition coefficient (Wildman–Crippen LogP) is 3.81. The molecule has 0 saturated carbocycles. The molecule has 4 nitrogen and oxygen atoms in total. The van der Waals surface area contributed by atoms with Crippen LogP contribution in [0.4, 0.5) is 0 Å². The lowest BCUT2D eigenvalue weighted by atomic mass is 9.91. The van der Waals surface area contributed by atoms with Crippen molar-refractivity contribution in [3.63, 3.8) is 0 Å². The molecule has 2 rings (SSSR count). The van der Waals surface area contributed by atoms with Crippen LogP contribution in [0.2, 0.25) is 0 Å². The minimum absolute atomic E-state index is 0.0489. The standard InChI is InChI=1S/C19H27BrN2O2S/c1-13-10-14(2)12-22(11-13)19(24)17(8-9-25-3)21-18(23)15-6-4-5-7-16(15)20/h4-7,13-14,17H,8-12H2,1-3H3,(H,21,23). The second-order valence-electron chi connectivity index (χ2n) is 6.98. The number of hydrogen-bond donors (Lipinski definition) is 1. The summed E-state index contributed by atoms with van der Waals surface area (Å²) in [7, 11) is 0. The van der Waals surface area contributed by atoms with Gasteiger partial charge in [0.1, 0.15) is 6.04 Å². The molecule has 0 radical (unpaired) electrons. The number of halogens is 1. The molecule has 2 amide bonds. The van der Waals surface area contributed by atoms with Crippen molar-refractivity contribution in [1.82, 2.24) is 10.2 Å². The van der Waals surface area contributed by atoms with Gasteiger partial charge in [0.25, 0.3) is 5.91 Å². The van der Waals surface area contributed by atoms with Crippen molar-refractivity contribution in [2.24, 2.45) is 11.8 Å². The largest absolute Gasteiger partial charge is 0.340 e. The Balaban J connectivity index is 2.11. The highest BCUT2D eigenvalue weighted by atomic mass is 79.9. The highest BCUT2D eigenvalue weighted by molar-refractivity contribution is 9.10. The Bertz CT molecular complexity index is 601. The molecular weight excluding hydrogens is 400 g/mol. The molecule has 25 heavy (non-hydrogen) atoms. The van der Waals surface area contributed by atoms with Crippen LogP contribution in [0.25, 0.3) is 0 Å². The first-order valence-electron chi connectivity index (χ1n) is 8.75. The van der Waals surface area contributed by atoms with Gasteiger partial charge in [0.15, 0.2) is 0 Å². The number of piperidine rings is 1. The van der Waals surface area contributed by atoms with Crippen molar-refractivity contribution in [2.45, 2.75) is 32.7 Å².